The number of benzene rings is 2. The number of nitrogens with zero attached hydrogens (tertiary/aromatic N) is 3. The fourth-order valence-corrected chi connectivity index (χ4v) is 4.57. The predicted molar refractivity (Wildman–Crippen MR) is 131 cm³/mol. The Balaban J connectivity index is 1.37. The van der Waals surface area contributed by atoms with Crippen LogP contribution in [0.2, 0.25) is 0 Å². The van der Waals surface area contributed by atoms with Gasteiger partial charge in [-0.1, -0.05) is 18.2 Å². The number of likely N-dealkylation sites (N-methyl/N-ethyl adjacent to an activating group) is 1. The van der Waals surface area contributed by atoms with Crippen molar-refractivity contribution in [2.75, 3.05) is 46.4 Å². The molecule has 0 radical (unpaired) electrons. The van der Waals surface area contributed by atoms with Crippen molar-refractivity contribution >= 4 is 11.8 Å². The second kappa shape index (κ2) is 10.9. The van der Waals surface area contributed by atoms with E-state index in [2.05, 4.69) is 24.1 Å². The van der Waals surface area contributed by atoms with Crippen LogP contribution >= 0.6 is 0 Å². The van der Waals surface area contributed by atoms with Crippen LogP contribution in [-0.2, 0) is 4.79 Å². The summed E-state index contributed by atoms with van der Waals surface area (Å²) in [7, 11) is 2.10. The van der Waals surface area contributed by atoms with E-state index in [0.717, 1.165) is 25.3 Å². The molecule has 34 heavy (non-hydrogen) atoms. The molecule has 2 aromatic rings. The minimum atomic E-state index is 0.0121. The van der Waals surface area contributed by atoms with Gasteiger partial charge in [0.15, 0.2) is 0 Å². The standard InChI is InChI=1S/C27H35N3O4/c1-20(2)34-23-11-9-21(10-12-23)25-19-30(15-14-28(25)3)27(32)22-6-4-7-24(18-22)33-17-16-29-13-5-8-26(29)31/h4,6-7,9-12,18,20,25H,5,8,13-17,19H2,1-3H3. The van der Waals surface area contributed by atoms with Crippen molar-refractivity contribution in [1.29, 1.82) is 0 Å². The van der Waals surface area contributed by atoms with Gasteiger partial charge in [-0.15, -0.1) is 0 Å². The van der Waals surface area contributed by atoms with Gasteiger partial charge in [0.2, 0.25) is 5.91 Å². The Morgan fingerprint density at radius 1 is 1.06 bits per heavy atom. The first-order chi connectivity index (χ1) is 16.4. The average molecular weight is 466 g/mol. The van der Waals surface area contributed by atoms with Crippen LogP contribution in [-0.4, -0.2) is 79.0 Å². The lowest BCUT2D eigenvalue weighted by molar-refractivity contribution is -0.128. The molecule has 182 valence electrons. The van der Waals surface area contributed by atoms with Crippen molar-refractivity contribution in [2.24, 2.45) is 0 Å². The molecule has 0 spiro atoms. The molecule has 2 amide bonds. The zero-order valence-corrected chi connectivity index (χ0v) is 20.4. The van der Waals surface area contributed by atoms with E-state index in [0.29, 0.717) is 44.0 Å². The Bertz CT molecular complexity index is 992. The highest BCUT2D eigenvalue weighted by Crippen LogP contribution is 2.27. The molecular weight excluding hydrogens is 430 g/mol. The molecule has 2 heterocycles. The van der Waals surface area contributed by atoms with Crippen LogP contribution in [0.4, 0.5) is 0 Å². The maximum Gasteiger partial charge on any atom is 0.254 e. The molecule has 7 nitrogen and oxygen atoms in total. The number of carbonyl (C=O) groups excluding carboxylic acids is 2. The van der Waals surface area contributed by atoms with Crippen molar-refractivity contribution in [1.82, 2.24) is 14.7 Å². The molecular formula is C27H35N3O4. The van der Waals surface area contributed by atoms with Gasteiger partial charge in [-0.25, -0.2) is 0 Å². The molecule has 2 aromatic carbocycles. The molecule has 0 bridgehead atoms. The van der Waals surface area contributed by atoms with Crippen molar-refractivity contribution in [3.8, 4) is 11.5 Å². The molecule has 0 aromatic heterocycles. The highest BCUT2D eigenvalue weighted by atomic mass is 16.5. The third-order valence-electron chi connectivity index (χ3n) is 6.45. The fraction of sp³-hybridized carbons (Fsp3) is 0.481. The first-order valence-corrected chi connectivity index (χ1v) is 12.2. The van der Waals surface area contributed by atoms with Crippen LogP contribution in [0.15, 0.2) is 48.5 Å². The molecule has 7 heteroatoms. The Labute approximate surface area is 202 Å². The number of hydrogen-bond donors (Lipinski definition) is 0. The van der Waals surface area contributed by atoms with Gasteiger partial charge in [-0.2, -0.15) is 0 Å². The van der Waals surface area contributed by atoms with Gasteiger partial charge >= 0.3 is 0 Å². The largest absolute Gasteiger partial charge is 0.492 e. The van der Waals surface area contributed by atoms with E-state index >= 15 is 0 Å². The summed E-state index contributed by atoms with van der Waals surface area (Å²) in [6.07, 6.45) is 1.69. The van der Waals surface area contributed by atoms with E-state index in [-0.39, 0.29) is 24.0 Å². The molecule has 2 aliphatic heterocycles. The Hall–Kier alpha value is -3.06. The van der Waals surface area contributed by atoms with Crippen molar-refractivity contribution in [3.63, 3.8) is 0 Å². The summed E-state index contributed by atoms with van der Waals surface area (Å²) in [5.41, 5.74) is 1.79. The smallest absolute Gasteiger partial charge is 0.254 e. The summed E-state index contributed by atoms with van der Waals surface area (Å²) in [4.78, 5) is 31.1. The van der Waals surface area contributed by atoms with Crippen molar-refractivity contribution in [2.45, 2.75) is 38.8 Å². The topological polar surface area (TPSA) is 62.3 Å². The zero-order valence-electron chi connectivity index (χ0n) is 20.4. The third kappa shape index (κ3) is 5.89. The summed E-state index contributed by atoms with van der Waals surface area (Å²) < 4.78 is 11.6. The van der Waals surface area contributed by atoms with Gasteiger partial charge < -0.3 is 19.3 Å². The lowest BCUT2D eigenvalue weighted by atomic mass is 10.0. The lowest BCUT2D eigenvalue weighted by Crippen LogP contribution is -2.49. The maximum absolute atomic E-state index is 13.3. The lowest BCUT2D eigenvalue weighted by Gasteiger charge is -2.39. The van der Waals surface area contributed by atoms with E-state index in [4.69, 9.17) is 9.47 Å². The van der Waals surface area contributed by atoms with Gasteiger partial charge in [-0.3, -0.25) is 14.5 Å². The van der Waals surface area contributed by atoms with Gasteiger partial charge in [0.05, 0.1) is 18.7 Å². The van der Waals surface area contributed by atoms with E-state index in [1.165, 1.54) is 5.56 Å². The molecule has 0 N–H and O–H groups in total. The first-order valence-electron chi connectivity index (χ1n) is 12.2. The van der Waals surface area contributed by atoms with Crippen LogP contribution in [0, 0.1) is 0 Å². The number of carbonyl (C=O) groups is 2. The second-order valence-corrected chi connectivity index (χ2v) is 9.34. The highest BCUT2D eigenvalue weighted by Gasteiger charge is 2.29. The molecule has 1 unspecified atom stereocenters. The van der Waals surface area contributed by atoms with Crippen molar-refractivity contribution in [3.05, 3.63) is 59.7 Å². The average Bonchev–Trinajstić information content (AvgIpc) is 3.24. The van der Waals surface area contributed by atoms with E-state index < -0.39 is 0 Å². The first kappa shape index (κ1) is 24.1. The highest BCUT2D eigenvalue weighted by molar-refractivity contribution is 5.94. The Morgan fingerprint density at radius 2 is 1.85 bits per heavy atom. The van der Waals surface area contributed by atoms with Crippen LogP contribution in [0.25, 0.3) is 0 Å². The molecule has 2 fully saturated rings. The third-order valence-corrected chi connectivity index (χ3v) is 6.45. The maximum atomic E-state index is 13.3. The number of hydrogen-bond acceptors (Lipinski definition) is 5. The quantitative estimate of drug-likeness (QED) is 0.596. The number of amides is 2. The zero-order chi connectivity index (χ0) is 24.1. The van der Waals surface area contributed by atoms with Gasteiger partial charge in [0.25, 0.3) is 5.91 Å². The molecule has 2 aliphatic rings. The fourth-order valence-electron chi connectivity index (χ4n) is 4.57. The monoisotopic (exact) mass is 465 g/mol. The minimum Gasteiger partial charge on any atom is -0.492 e. The summed E-state index contributed by atoms with van der Waals surface area (Å²) in [5.74, 6) is 1.72. The van der Waals surface area contributed by atoms with Gasteiger partial charge in [0, 0.05) is 38.2 Å². The number of piperazine rings is 1. The van der Waals surface area contributed by atoms with Crippen LogP contribution < -0.4 is 9.47 Å². The molecule has 0 saturated carbocycles. The van der Waals surface area contributed by atoms with Gasteiger partial charge in [0.1, 0.15) is 18.1 Å². The minimum absolute atomic E-state index is 0.0121. The Morgan fingerprint density at radius 3 is 2.56 bits per heavy atom. The number of ether oxygens (including phenoxy) is 2. The van der Waals surface area contributed by atoms with Crippen LogP contribution in [0.5, 0.6) is 11.5 Å². The Kier molecular flexibility index (Phi) is 7.73. The summed E-state index contributed by atoms with van der Waals surface area (Å²) in [6.45, 7) is 7.96. The normalized spacial score (nSPS) is 19.1. The van der Waals surface area contributed by atoms with Crippen LogP contribution in [0.3, 0.4) is 0 Å². The summed E-state index contributed by atoms with van der Waals surface area (Å²) in [5, 5.41) is 0. The van der Waals surface area contributed by atoms with E-state index in [1.54, 1.807) is 6.07 Å². The van der Waals surface area contributed by atoms with E-state index in [1.807, 2.05) is 54.0 Å². The number of rotatable bonds is 8. The van der Waals surface area contributed by atoms with Crippen LogP contribution in [0.1, 0.15) is 48.7 Å². The second-order valence-electron chi connectivity index (χ2n) is 9.34. The molecule has 0 aliphatic carbocycles. The van der Waals surface area contributed by atoms with Crippen molar-refractivity contribution < 1.29 is 19.1 Å². The molecule has 4 rings (SSSR count). The summed E-state index contributed by atoms with van der Waals surface area (Å²) in [6, 6.07) is 15.7. The molecule has 2 saturated heterocycles. The predicted octanol–water partition coefficient (Wildman–Crippen LogP) is 3.60. The SMILES string of the molecule is CC(C)Oc1ccc(C2CN(C(=O)c3cccc(OCCN4CCCC4=O)c3)CCN2C)cc1. The van der Waals surface area contributed by atoms with Gasteiger partial charge in [-0.05, 0) is 63.2 Å². The van der Waals surface area contributed by atoms with E-state index in [9.17, 15) is 9.59 Å². The molecule has 1 atom stereocenters. The number of likely N-dealkylation sites (tertiary alicyclic amines) is 1. The summed E-state index contributed by atoms with van der Waals surface area (Å²) >= 11 is 0.